The Balaban J connectivity index is 5.26. The smallest absolute Gasteiger partial charge is 0.306 e. The molecule has 3 atom stereocenters. The number of hydrogen-bond donors (Lipinski definition) is 1. The molecule has 0 aromatic carbocycles. The summed E-state index contributed by atoms with van der Waals surface area (Å²) >= 11 is 0. The van der Waals surface area contributed by atoms with Gasteiger partial charge in [-0.25, -0.2) is 0 Å². The molecule has 70 heavy (non-hydrogen) atoms. The van der Waals surface area contributed by atoms with E-state index in [0.29, 0.717) is 17.4 Å². The third-order valence-electron chi connectivity index (χ3n) is 12.7. The predicted molar refractivity (Wildman–Crippen MR) is 298 cm³/mol. The standard InChI is InChI=1S/C60H111N2O7P/c1-7-10-13-16-19-22-25-27-28-29-30-31-32-33-34-35-38-41-44-47-50-53-60(64)69-58(51-48-45-42-39-37-26-23-20-17-14-11-8-2)57(56-68-70(65,66)67-55-54-62(4,5)6)61-59(63)52-49-46-43-40-36-24-21-18-15-12-9-3/h18-19,21-22,27-28,30-31,48,51,57-58H,7-17,20,23-26,29,32-47,49-50,52-56H2,1-6H3,(H-,61,63,65,66)/b21-18-,22-19-,28-27-,31-30-,51-48-. The lowest BCUT2D eigenvalue weighted by molar-refractivity contribution is -0.870. The Hall–Kier alpha value is -2.29. The predicted octanol–water partition coefficient (Wildman–Crippen LogP) is 16.9. The number of unbranched alkanes of at least 4 members (excludes halogenated alkanes) is 28. The van der Waals surface area contributed by atoms with Gasteiger partial charge in [-0.2, -0.15) is 0 Å². The lowest BCUT2D eigenvalue weighted by Crippen LogP contribution is -2.47. The highest BCUT2D eigenvalue weighted by molar-refractivity contribution is 7.45. The topological polar surface area (TPSA) is 114 Å². The average Bonchev–Trinajstić information content (AvgIpc) is 3.32. The van der Waals surface area contributed by atoms with Gasteiger partial charge in [0.15, 0.2) is 0 Å². The molecule has 408 valence electrons. The normalized spacial score (nSPS) is 14.2. The molecule has 0 fully saturated rings. The van der Waals surface area contributed by atoms with Crippen molar-refractivity contribution in [3.8, 4) is 0 Å². The van der Waals surface area contributed by atoms with Crippen molar-refractivity contribution in [2.75, 3.05) is 40.9 Å². The van der Waals surface area contributed by atoms with Crippen LogP contribution in [0.4, 0.5) is 0 Å². The molecule has 0 spiro atoms. The maximum absolute atomic E-state index is 13.4. The number of nitrogens with one attached hydrogen (secondary N) is 1. The minimum absolute atomic E-state index is 0.0263. The first-order valence-corrected chi connectivity index (χ1v) is 30.6. The summed E-state index contributed by atoms with van der Waals surface area (Å²) < 4.78 is 30.2. The molecule has 0 saturated heterocycles. The van der Waals surface area contributed by atoms with Gasteiger partial charge in [0.05, 0.1) is 33.8 Å². The third kappa shape index (κ3) is 50.6. The van der Waals surface area contributed by atoms with E-state index >= 15 is 0 Å². The molecule has 9 nitrogen and oxygen atoms in total. The van der Waals surface area contributed by atoms with Crippen LogP contribution < -0.4 is 10.2 Å². The first kappa shape index (κ1) is 67.7. The van der Waals surface area contributed by atoms with Crippen LogP contribution in [0.25, 0.3) is 0 Å². The van der Waals surface area contributed by atoms with Gasteiger partial charge in [-0.05, 0) is 89.5 Å². The number of hydrogen-bond acceptors (Lipinski definition) is 7. The Bertz CT molecular complexity index is 1390. The maximum atomic E-state index is 13.4. The second kappa shape index (κ2) is 50.3. The van der Waals surface area contributed by atoms with Gasteiger partial charge in [-0.1, -0.05) is 217 Å². The summed E-state index contributed by atoms with van der Waals surface area (Å²) in [7, 11) is 1.17. The highest BCUT2D eigenvalue weighted by Crippen LogP contribution is 2.38. The van der Waals surface area contributed by atoms with Gasteiger partial charge in [0.1, 0.15) is 19.3 Å². The van der Waals surface area contributed by atoms with Crippen LogP contribution in [-0.2, 0) is 27.9 Å². The lowest BCUT2D eigenvalue weighted by atomic mass is 10.0. The van der Waals surface area contributed by atoms with Crippen LogP contribution in [0.1, 0.15) is 258 Å². The summed E-state index contributed by atoms with van der Waals surface area (Å²) in [5.41, 5.74) is 0. The average molecular weight is 1000 g/mol. The highest BCUT2D eigenvalue weighted by Gasteiger charge is 2.27. The molecule has 0 aliphatic heterocycles. The minimum Gasteiger partial charge on any atom is -0.756 e. The highest BCUT2D eigenvalue weighted by atomic mass is 31.2. The van der Waals surface area contributed by atoms with Crippen molar-refractivity contribution in [1.29, 1.82) is 0 Å². The van der Waals surface area contributed by atoms with Crippen LogP contribution in [0.5, 0.6) is 0 Å². The fourth-order valence-corrected chi connectivity index (χ4v) is 8.82. The summed E-state index contributed by atoms with van der Waals surface area (Å²) in [6.45, 7) is 6.76. The van der Waals surface area contributed by atoms with Gasteiger partial charge >= 0.3 is 5.97 Å². The largest absolute Gasteiger partial charge is 0.756 e. The number of nitrogens with zero attached hydrogens (tertiary/aromatic N) is 1. The molecule has 0 aromatic rings. The number of rotatable bonds is 52. The third-order valence-corrected chi connectivity index (χ3v) is 13.6. The monoisotopic (exact) mass is 1000 g/mol. The number of carbonyl (C=O) groups is 2. The number of allylic oxidation sites excluding steroid dienone is 9. The van der Waals surface area contributed by atoms with Crippen molar-refractivity contribution in [3.05, 3.63) is 60.8 Å². The number of quaternary nitrogens is 1. The van der Waals surface area contributed by atoms with Crippen LogP contribution >= 0.6 is 7.82 Å². The first-order chi connectivity index (χ1) is 33.9. The van der Waals surface area contributed by atoms with Gasteiger partial charge < -0.3 is 28.5 Å². The number of phosphoric ester groups is 1. The number of ether oxygens (including phenoxy) is 1. The summed E-state index contributed by atoms with van der Waals surface area (Å²) in [6.07, 6.45) is 61.8. The van der Waals surface area contributed by atoms with Crippen molar-refractivity contribution >= 4 is 19.7 Å². The Morgan fingerprint density at radius 1 is 0.500 bits per heavy atom. The van der Waals surface area contributed by atoms with Gasteiger partial charge in [0.25, 0.3) is 7.82 Å². The van der Waals surface area contributed by atoms with E-state index in [1.165, 1.54) is 116 Å². The molecular formula is C60H111N2O7P. The Labute approximate surface area is 432 Å². The molecule has 0 bridgehead atoms. The van der Waals surface area contributed by atoms with E-state index in [1.54, 1.807) is 0 Å². The van der Waals surface area contributed by atoms with E-state index in [0.717, 1.165) is 109 Å². The van der Waals surface area contributed by atoms with E-state index in [1.807, 2.05) is 33.3 Å². The Kier molecular flexibility index (Phi) is 48.6. The molecular weight excluding hydrogens is 892 g/mol. The molecule has 0 saturated carbocycles. The molecule has 0 aliphatic carbocycles. The fourth-order valence-electron chi connectivity index (χ4n) is 8.10. The van der Waals surface area contributed by atoms with Crippen LogP contribution in [0.2, 0.25) is 0 Å². The summed E-state index contributed by atoms with van der Waals surface area (Å²) in [5.74, 6) is -0.560. The van der Waals surface area contributed by atoms with E-state index in [4.69, 9.17) is 13.8 Å². The van der Waals surface area contributed by atoms with Crippen LogP contribution in [0.3, 0.4) is 0 Å². The van der Waals surface area contributed by atoms with Crippen molar-refractivity contribution in [2.45, 2.75) is 270 Å². The van der Waals surface area contributed by atoms with E-state index in [-0.39, 0.29) is 24.9 Å². The first-order valence-electron chi connectivity index (χ1n) is 29.1. The second-order valence-electron chi connectivity index (χ2n) is 20.8. The maximum Gasteiger partial charge on any atom is 0.306 e. The summed E-state index contributed by atoms with van der Waals surface area (Å²) in [5, 5.41) is 3.01. The molecule has 0 rings (SSSR count). The number of carbonyl (C=O) groups excluding carboxylic acids is 2. The molecule has 1 N–H and O–H groups in total. The number of amides is 1. The zero-order valence-corrected chi connectivity index (χ0v) is 47.4. The second-order valence-corrected chi connectivity index (χ2v) is 22.2. The van der Waals surface area contributed by atoms with Gasteiger partial charge in [0.2, 0.25) is 5.91 Å². The minimum atomic E-state index is -4.70. The lowest BCUT2D eigenvalue weighted by Gasteiger charge is -2.30. The van der Waals surface area contributed by atoms with Crippen LogP contribution in [0, 0.1) is 0 Å². The van der Waals surface area contributed by atoms with Gasteiger partial charge in [0, 0.05) is 12.8 Å². The molecule has 1 amide bonds. The molecule has 0 aromatic heterocycles. The molecule has 3 unspecified atom stereocenters. The van der Waals surface area contributed by atoms with Crippen molar-refractivity contribution in [2.24, 2.45) is 0 Å². The summed E-state index contributed by atoms with van der Waals surface area (Å²) in [6, 6.07) is -0.895. The molecule has 0 heterocycles. The SMILES string of the molecule is CCCC/C=C\CCCCCCCC(=O)NC(COP(=O)([O-])OCC[N+](C)(C)C)C(/C=C\CCCCCCCCCCCC)OC(=O)CCCCCCCCCC/C=C\C/C=C\C/C=C\CCCCC. The van der Waals surface area contributed by atoms with E-state index in [9.17, 15) is 19.0 Å². The van der Waals surface area contributed by atoms with Crippen molar-refractivity contribution in [3.63, 3.8) is 0 Å². The molecule has 10 heteroatoms. The molecule has 0 radical (unpaired) electrons. The number of esters is 1. The van der Waals surface area contributed by atoms with Gasteiger partial charge in [-0.3, -0.25) is 14.2 Å². The Morgan fingerprint density at radius 2 is 0.886 bits per heavy atom. The Morgan fingerprint density at radius 3 is 1.39 bits per heavy atom. The van der Waals surface area contributed by atoms with E-state index in [2.05, 4.69) is 74.7 Å². The van der Waals surface area contributed by atoms with Crippen LogP contribution in [0.15, 0.2) is 60.8 Å². The molecule has 0 aliphatic rings. The van der Waals surface area contributed by atoms with Crippen molar-refractivity contribution < 1.29 is 37.3 Å². The zero-order chi connectivity index (χ0) is 51.5. The van der Waals surface area contributed by atoms with E-state index < -0.39 is 26.6 Å². The quantitative estimate of drug-likeness (QED) is 0.0212. The van der Waals surface area contributed by atoms with Crippen LogP contribution in [-0.4, -0.2) is 69.4 Å². The zero-order valence-electron chi connectivity index (χ0n) is 46.5. The number of phosphoric acid groups is 1. The van der Waals surface area contributed by atoms with Gasteiger partial charge in [-0.15, -0.1) is 0 Å². The summed E-state index contributed by atoms with van der Waals surface area (Å²) in [4.78, 5) is 39.8. The number of likely N-dealkylation sites (N-methyl/N-ethyl adjacent to an activating group) is 1. The van der Waals surface area contributed by atoms with Crippen molar-refractivity contribution in [1.82, 2.24) is 5.32 Å². The fraction of sp³-hybridized carbons (Fsp3) is 0.800.